The quantitative estimate of drug-likeness (QED) is 0.617. The number of fused-ring (bicyclic) bond motifs is 1. The smallest absolute Gasteiger partial charge is 0.251 e. The van der Waals surface area contributed by atoms with Crippen LogP contribution in [-0.4, -0.2) is 57.3 Å². The highest BCUT2D eigenvalue weighted by molar-refractivity contribution is 5.95. The number of aromatic nitrogens is 1. The minimum Gasteiger partial charge on any atom is -0.493 e. The van der Waals surface area contributed by atoms with Gasteiger partial charge in [0, 0.05) is 36.3 Å². The number of para-hydroxylation sites is 1. The second kappa shape index (κ2) is 9.09. The molecule has 3 rings (SSSR count). The number of likely N-dealkylation sites (N-methyl/N-ethyl adjacent to an activating group) is 1. The summed E-state index contributed by atoms with van der Waals surface area (Å²) in [4.78, 5) is 15.0. The number of hydrogen-bond donors (Lipinski definition) is 1. The minimum absolute atomic E-state index is 0.0158. The Kier molecular flexibility index (Phi) is 6.52. The summed E-state index contributed by atoms with van der Waals surface area (Å²) in [7, 11) is 10.7. The van der Waals surface area contributed by atoms with Crippen LogP contribution in [0.25, 0.3) is 10.9 Å². The lowest BCUT2D eigenvalue weighted by Crippen LogP contribution is -2.34. The van der Waals surface area contributed by atoms with E-state index in [1.807, 2.05) is 33.3 Å². The Morgan fingerprint density at radius 1 is 1.07 bits per heavy atom. The summed E-state index contributed by atoms with van der Waals surface area (Å²) in [5, 5.41) is 4.23. The first kappa shape index (κ1) is 21.5. The maximum Gasteiger partial charge on any atom is 0.251 e. The summed E-state index contributed by atoms with van der Waals surface area (Å²) in [5.74, 6) is 1.14. The molecule has 1 amide bonds. The summed E-state index contributed by atoms with van der Waals surface area (Å²) < 4.78 is 18.2. The topological polar surface area (TPSA) is 65.0 Å². The van der Waals surface area contributed by atoms with Crippen LogP contribution >= 0.6 is 0 Å². The van der Waals surface area contributed by atoms with Gasteiger partial charge in [-0.05, 0) is 37.9 Å². The van der Waals surface area contributed by atoms with E-state index >= 15 is 0 Å². The van der Waals surface area contributed by atoms with Gasteiger partial charge in [-0.3, -0.25) is 4.79 Å². The third kappa shape index (κ3) is 4.07. The zero-order chi connectivity index (χ0) is 21.8. The molecule has 0 saturated heterocycles. The van der Waals surface area contributed by atoms with Crippen LogP contribution in [0.4, 0.5) is 0 Å². The molecule has 1 N–H and O–H groups in total. The molecule has 1 heterocycles. The number of carbonyl (C=O) groups excluding carboxylic acids is 1. The van der Waals surface area contributed by atoms with E-state index in [0.717, 1.165) is 5.52 Å². The average Bonchev–Trinajstić information content (AvgIpc) is 3.08. The van der Waals surface area contributed by atoms with Crippen molar-refractivity contribution in [3.05, 3.63) is 53.7 Å². The van der Waals surface area contributed by atoms with Crippen molar-refractivity contribution >= 4 is 16.8 Å². The first-order valence-electron chi connectivity index (χ1n) is 9.69. The molecule has 3 aromatic rings. The van der Waals surface area contributed by atoms with Gasteiger partial charge in [-0.15, -0.1) is 0 Å². The van der Waals surface area contributed by atoms with Crippen LogP contribution < -0.4 is 19.5 Å². The van der Waals surface area contributed by atoms with Crippen LogP contribution in [0.2, 0.25) is 0 Å². The number of benzene rings is 2. The Morgan fingerprint density at radius 2 is 1.70 bits per heavy atom. The molecule has 160 valence electrons. The molecule has 1 aromatic heterocycles. The fourth-order valence-corrected chi connectivity index (χ4v) is 3.71. The van der Waals surface area contributed by atoms with E-state index in [2.05, 4.69) is 33.1 Å². The lowest BCUT2D eigenvalue weighted by Gasteiger charge is -2.24. The largest absolute Gasteiger partial charge is 0.493 e. The third-order valence-electron chi connectivity index (χ3n) is 5.29. The lowest BCUT2D eigenvalue weighted by atomic mass is 10.0. The average molecular weight is 412 g/mol. The molecule has 0 aliphatic carbocycles. The molecule has 0 aliphatic rings. The SMILES string of the molecule is COc1cc(C(=O)NCC(c2cn(C)c3ccccc23)N(C)C)cc(OC)c1OC. The molecule has 0 saturated carbocycles. The fraction of sp³-hybridized carbons (Fsp3) is 0.348. The van der Waals surface area contributed by atoms with Gasteiger partial charge in [0.15, 0.2) is 11.5 Å². The van der Waals surface area contributed by atoms with Gasteiger partial charge in [0.25, 0.3) is 5.91 Å². The van der Waals surface area contributed by atoms with Crippen LogP contribution in [0.1, 0.15) is 22.0 Å². The number of hydrogen-bond acceptors (Lipinski definition) is 5. The molecule has 30 heavy (non-hydrogen) atoms. The van der Waals surface area contributed by atoms with Gasteiger partial charge in [0.1, 0.15) is 0 Å². The van der Waals surface area contributed by atoms with Gasteiger partial charge < -0.3 is 29.0 Å². The van der Waals surface area contributed by atoms with Gasteiger partial charge in [-0.1, -0.05) is 18.2 Å². The molecule has 0 fully saturated rings. The van der Waals surface area contributed by atoms with Gasteiger partial charge in [0.2, 0.25) is 5.75 Å². The number of rotatable bonds is 8. The number of aryl methyl sites for hydroxylation is 1. The first-order valence-corrected chi connectivity index (χ1v) is 9.69. The van der Waals surface area contributed by atoms with Crippen LogP contribution in [0.5, 0.6) is 17.2 Å². The second-order valence-electron chi connectivity index (χ2n) is 7.32. The Bertz CT molecular complexity index is 1020. The van der Waals surface area contributed by atoms with E-state index in [0.29, 0.717) is 29.4 Å². The molecule has 1 unspecified atom stereocenters. The lowest BCUT2D eigenvalue weighted by molar-refractivity contribution is 0.0941. The van der Waals surface area contributed by atoms with Crippen LogP contribution in [0, 0.1) is 0 Å². The summed E-state index contributed by atoms with van der Waals surface area (Å²) in [6.07, 6.45) is 2.13. The number of methoxy groups -OCH3 is 3. The molecule has 0 radical (unpaired) electrons. The van der Waals surface area contributed by atoms with Gasteiger partial charge in [-0.25, -0.2) is 0 Å². The second-order valence-corrected chi connectivity index (χ2v) is 7.32. The Hall–Kier alpha value is -3.19. The zero-order valence-corrected chi connectivity index (χ0v) is 18.4. The molecule has 0 aliphatic heterocycles. The van der Waals surface area contributed by atoms with E-state index in [1.165, 1.54) is 32.3 Å². The zero-order valence-electron chi connectivity index (χ0n) is 18.4. The predicted octanol–water partition coefficient (Wildman–Crippen LogP) is 3.24. The summed E-state index contributed by atoms with van der Waals surface area (Å²) in [6, 6.07) is 11.6. The van der Waals surface area contributed by atoms with E-state index in [9.17, 15) is 4.79 Å². The van der Waals surface area contributed by atoms with Crippen molar-refractivity contribution in [2.24, 2.45) is 7.05 Å². The highest BCUT2D eigenvalue weighted by atomic mass is 16.5. The predicted molar refractivity (Wildman–Crippen MR) is 118 cm³/mol. The van der Waals surface area contributed by atoms with Gasteiger partial charge in [-0.2, -0.15) is 0 Å². The molecule has 0 spiro atoms. The summed E-state index contributed by atoms with van der Waals surface area (Å²) in [5.41, 5.74) is 2.78. The minimum atomic E-state index is -0.207. The van der Waals surface area contributed by atoms with Gasteiger partial charge in [0.05, 0.1) is 27.4 Å². The summed E-state index contributed by atoms with van der Waals surface area (Å²) >= 11 is 0. The van der Waals surface area contributed by atoms with Crippen LogP contribution in [0.3, 0.4) is 0 Å². The van der Waals surface area contributed by atoms with Crippen molar-refractivity contribution in [1.82, 2.24) is 14.8 Å². The molecule has 0 bridgehead atoms. The summed E-state index contributed by atoms with van der Waals surface area (Å²) in [6.45, 7) is 0.455. The number of nitrogens with zero attached hydrogens (tertiary/aromatic N) is 2. The molecule has 7 heteroatoms. The standard InChI is InChI=1S/C23H29N3O4/c1-25(2)19(17-14-26(3)18-10-8-7-9-16(17)18)13-24-23(27)15-11-20(28-4)22(30-6)21(12-15)29-5/h7-12,14,19H,13H2,1-6H3,(H,24,27). The number of amides is 1. The molecule has 1 atom stereocenters. The maximum absolute atomic E-state index is 12.9. The molecule has 7 nitrogen and oxygen atoms in total. The number of nitrogens with one attached hydrogen (secondary N) is 1. The molecule has 2 aromatic carbocycles. The third-order valence-corrected chi connectivity index (χ3v) is 5.29. The van der Waals surface area contributed by atoms with Crippen molar-refractivity contribution in [2.45, 2.75) is 6.04 Å². The maximum atomic E-state index is 12.9. The highest BCUT2D eigenvalue weighted by Gasteiger charge is 2.22. The van der Waals surface area contributed by atoms with Crippen molar-refractivity contribution in [2.75, 3.05) is 42.0 Å². The van der Waals surface area contributed by atoms with E-state index < -0.39 is 0 Å². The normalized spacial score (nSPS) is 12.1. The molecular formula is C23H29N3O4. The van der Waals surface area contributed by atoms with Gasteiger partial charge >= 0.3 is 0 Å². The molecular weight excluding hydrogens is 382 g/mol. The van der Waals surface area contributed by atoms with Crippen molar-refractivity contribution in [3.63, 3.8) is 0 Å². The highest BCUT2D eigenvalue weighted by Crippen LogP contribution is 2.38. The number of carbonyl (C=O) groups is 1. The first-order chi connectivity index (χ1) is 14.4. The Labute approximate surface area is 177 Å². The van der Waals surface area contributed by atoms with Crippen molar-refractivity contribution in [1.29, 1.82) is 0 Å². The van der Waals surface area contributed by atoms with Crippen molar-refractivity contribution < 1.29 is 19.0 Å². The van der Waals surface area contributed by atoms with Crippen molar-refractivity contribution in [3.8, 4) is 17.2 Å². The van der Waals surface area contributed by atoms with E-state index in [1.54, 1.807) is 12.1 Å². The van der Waals surface area contributed by atoms with Crippen LogP contribution in [-0.2, 0) is 7.05 Å². The van der Waals surface area contributed by atoms with Crippen LogP contribution in [0.15, 0.2) is 42.6 Å². The Balaban J connectivity index is 1.86. The Morgan fingerprint density at radius 3 is 2.27 bits per heavy atom. The monoisotopic (exact) mass is 411 g/mol. The number of ether oxygens (including phenoxy) is 3. The fourth-order valence-electron chi connectivity index (χ4n) is 3.71. The van der Waals surface area contributed by atoms with E-state index in [4.69, 9.17) is 14.2 Å². The van der Waals surface area contributed by atoms with E-state index in [-0.39, 0.29) is 11.9 Å².